The zero-order chi connectivity index (χ0) is 24.1. The van der Waals surface area contributed by atoms with Gasteiger partial charge in [0.15, 0.2) is 5.78 Å². The Morgan fingerprint density at radius 1 is 1.12 bits per heavy atom. The third kappa shape index (κ3) is 5.54. The average Bonchev–Trinajstić information content (AvgIpc) is 2.77. The van der Waals surface area contributed by atoms with E-state index in [4.69, 9.17) is 9.47 Å². The summed E-state index contributed by atoms with van der Waals surface area (Å²) in [6, 6.07) is 12.8. The van der Waals surface area contributed by atoms with Crippen molar-refractivity contribution in [2.45, 2.75) is 46.5 Å². The number of hydrogen-bond acceptors (Lipinski definition) is 5. The number of benzene rings is 2. The van der Waals surface area contributed by atoms with Crippen molar-refractivity contribution in [2.75, 3.05) is 7.11 Å². The van der Waals surface area contributed by atoms with Crippen LogP contribution in [0.2, 0.25) is 0 Å². The summed E-state index contributed by atoms with van der Waals surface area (Å²) in [6.07, 6.45) is 5.80. The number of Topliss-reactive ketones (excluding diaryl/α,β-unsaturated/α-hetero) is 1. The van der Waals surface area contributed by atoms with Crippen molar-refractivity contribution in [2.24, 2.45) is 11.8 Å². The van der Waals surface area contributed by atoms with Gasteiger partial charge in [0.2, 0.25) is 0 Å². The van der Waals surface area contributed by atoms with Crippen LogP contribution in [0.4, 0.5) is 0 Å². The van der Waals surface area contributed by atoms with Gasteiger partial charge in [0.1, 0.15) is 22.8 Å². The molecule has 0 amide bonds. The molecule has 0 aromatic heterocycles. The number of hydrogen-bond donors (Lipinski definition) is 1. The van der Waals surface area contributed by atoms with E-state index < -0.39 is 11.9 Å². The lowest BCUT2D eigenvalue weighted by Gasteiger charge is -2.37. The molecule has 3 rings (SSSR count). The van der Waals surface area contributed by atoms with Crippen molar-refractivity contribution < 1.29 is 24.2 Å². The first-order chi connectivity index (χ1) is 15.7. The number of methoxy groups -OCH3 is 1. The van der Waals surface area contributed by atoms with Crippen LogP contribution in [-0.4, -0.2) is 24.0 Å². The Balaban J connectivity index is 2.17. The zero-order valence-corrected chi connectivity index (χ0v) is 19.9. The summed E-state index contributed by atoms with van der Waals surface area (Å²) in [4.78, 5) is 25.9. The van der Waals surface area contributed by atoms with Crippen LogP contribution in [0.25, 0.3) is 0 Å². The predicted molar refractivity (Wildman–Crippen MR) is 129 cm³/mol. The van der Waals surface area contributed by atoms with Gasteiger partial charge in [0, 0.05) is 25.0 Å². The number of phenolic OH excluding ortho intramolecular Hbond substituents is 1. The summed E-state index contributed by atoms with van der Waals surface area (Å²) in [7, 11) is 1.45. The van der Waals surface area contributed by atoms with Gasteiger partial charge in [-0.2, -0.15) is 0 Å². The summed E-state index contributed by atoms with van der Waals surface area (Å²) in [5.74, 6) is -1.28. The lowest BCUT2D eigenvalue weighted by Crippen LogP contribution is -2.33. The highest BCUT2D eigenvalue weighted by Gasteiger charge is 2.41. The molecule has 1 aliphatic rings. The molecule has 0 heterocycles. The van der Waals surface area contributed by atoms with Crippen molar-refractivity contribution in [3.8, 4) is 17.2 Å². The van der Waals surface area contributed by atoms with Gasteiger partial charge in [-0.25, -0.2) is 0 Å². The molecule has 33 heavy (non-hydrogen) atoms. The van der Waals surface area contributed by atoms with Gasteiger partial charge in [-0.1, -0.05) is 53.6 Å². The Labute approximate surface area is 195 Å². The molecule has 5 heteroatoms. The maximum Gasteiger partial charge on any atom is 0.308 e. The second-order valence-corrected chi connectivity index (χ2v) is 8.83. The Hall–Kier alpha value is -3.34. The standard InChI is InChI=1S/C28H32O5/c1-17(2)11-13-22-18(3)12-14-23(20-9-7-6-8-10-20)26(22)28(31)27-24(30)15-21(32-5)16-25(27)33-19(4)29/h6-12,15-16,22-23,26,30H,13-14H2,1-5H3/t22-,23+,26-/m1/s1. The zero-order valence-electron chi connectivity index (χ0n) is 19.9. The fourth-order valence-electron chi connectivity index (χ4n) is 4.62. The minimum atomic E-state index is -0.572. The molecule has 0 bridgehead atoms. The Kier molecular flexibility index (Phi) is 7.75. The number of rotatable bonds is 7. The molecule has 0 spiro atoms. The first-order valence-electron chi connectivity index (χ1n) is 11.2. The number of allylic oxidation sites excluding steroid dienone is 4. The van der Waals surface area contributed by atoms with Gasteiger partial charge in [-0.05, 0) is 51.0 Å². The smallest absolute Gasteiger partial charge is 0.308 e. The van der Waals surface area contributed by atoms with E-state index in [-0.39, 0.29) is 34.7 Å². The summed E-state index contributed by atoms with van der Waals surface area (Å²) in [5, 5.41) is 10.8. The minimum absolute atomic E-state index is 0.0179. The van der Waals surface area contributed by atoms with Crippen molar-refractivity contribution in [1.29, 1.82) is 0 Å². The Morgan fingerprint density at radius 3 is 2.42 bits per heavy atom. The molecule has 174 valence electrons. The quantitative estimate of drug-likeness (QED) is 0.235. The molecular formula is C28H32O5. The van der Waals surface area contributed by atoms with E-state index in [2.05, 4.69) is 19.1 Å². The van der Waals surface area contributed by atoms with Crippen molar-refractivity contribution >= 4 is 11.8 Å². The molecule has 0 saturated heterocycles. The molecule has 3 atom stereocenters. The van der Waals surface area contributed by atoms with Gasteiger partial charge >= 0.3 is 5.97 Å². The van der Waals surface area contributed by atoms with Gasteiger partial charge < -0.3 is 14.6 Å². The fraction of sp³-hybridized carbons (Fsp3) is 0.357. The van der Waals surface area contributed by atoms with E-state index in [9.17, 15) is 14.7 Å². The molecule has 0 unspecified atom stereocenters. The van der Waals surface area contributed by atoms with Crippen LogP contribution in [0.5, 0.6) is 17.2 Å². The Bertz CT molecular complexity index is 1080. The number of carbonyl (C=O) groups is 2. The Morgan fingerprint density at radius 2 is 1.82 bits per heavy atom. The molecular weight excluding hydrogens is 416 g/mol. The van der Waals surface area contributed by atoms with Crippen molar-refractivity contribution in [1.82, 2.24) is 0 Å². The number of aromatic hydroxyl groups is 1. The van der Waals surface area contributed by atoms with E-state index in [0.29, 0.717) is 12.2 Å². The molecule has 5 nitrogen and oxygen atoms in total. The summed E-state index contributed by atoms with van der Waals surface area (Å²) < 4.78 is 10.6. The maximum atomic E-state index is 14.2. The van der Waals surface area contributed by atoms with Crippen molar-refractivity contribution in [3.63, 3.8) is 0 Å². The highest BCUT2D eigenvalue weighted by molar-refractivity contribution is 6.04. The number of ether oxygens (including phenoxy) is 2. The third-order valence-corrected chi connectivity index (χ3v) is 6.25. The third-order valence-electron chi connectivity index (χ3n) is 6.25. The van der Waals surface area contributed by atoms with Gasteiger partial charge in [-0.3, -0.25) is 9.59 Å². The molecule has 0 fully saturated rings. The van der Waals surface area contributed by atoms with Crippen LogP contribution < -0.4 is 9.47 Å². The highest BCUT2D eigenvalue weighted by atomic mass is 16.5. The maximum absolute atomic E-state index is 14.2. The molecule has 1 aliphatic carbocycles. The molecule has 0 radical (unpaired) electrons. The van der Waals surface area contributed by atoms with E-state index >= 15 is 0 Å². The lowest BCUT2D eigenvalue weighted by molar-refractivity contribution is -0.131. The summed E-state index contributed by atoms with van der Waals surface area (Å²) in [5.41, 5.74) is 3.43. The highest BCUT2D eigenvalue weighted by Crippen LogP contribution is 2.47. The fourth-order valence-corrected chi connectivity index (χ4v) is 4.62. The summed E-state index contributed by atoms with van der Waals surface area (Å²) in [6.45, 7) is 7.41. The lowest BCUT2D eigenvalue weighted by atomic mass is 9.65. The molecule has 2 aromatic carbocycles. The van der Waals surface area contributed by atoms with Crippen LogP contribution in [0.3, 0.4) is 0 Å². The van der Waals surface area contributed by atoms with Gasteiger partial charge in [-0.15, -0.1) is 0 Å². The number of phenols is 1. The molecule has 0 aliphatic heterocycles. The normalized spacial score (nSPS) is 19.9. The number of carbonyl (C=O) groups excluding carboxylic acids is 2. The summed E-state index contributed by atoms with van der Waals surface area (Å²) >= 11 is 0. The minimum Gasteiger partial charge on any atom is -0.507 e. The van der Waals surface area contributed by atoms with Crippen molar-refractivity contribution in [3.05, 3.63) is 76.9 Å². The predicted octanol–water partition coefficient (Wildman–Crippen LogP) is 6.23. The monoisotopic (exact) mass is 448 g/mol. The first-order valence-corrected chi connectivity index (χ1v) is 11.2. The van der Waals surface area contributed by atoms with E-state index in [1.807, 2.05) is 44.2 Å². The van der Waals surface area contributed by atoms with Crippen LogP contribution in [0.15, 0.2) is 65.8 Å². The average molecular weight is 449 g/mol. The van der Waals surface area contributed by atoms with Crippen LogP contribution in [-0.2, 0) is 4.79 Å². The molecule has 1 N–H and O–H groups in total. The topological polar surface area (TPSA) is 72.8 Å². The van der Waals surface area contributed by atoms with Gasteiger partial charge in [0.05, 0.1) is 7.11 Å². The second-order valence-electron chi connectivity index (χ2n) is 8.83. The van der Waals surface area contributed by atoms with Crippen LogP contribution in [0, 0.1) is 11.8 Å². The van der Waals surface area contributed by atoms with Crippen LogP contribution in [0.1, 0.15) is 62.4 Å². The number of ketones is 1. The largest absolute Gasteiger partial charge is 0.507 e. The molecule has 0 saturated carbocycles. The van der Waals surface area contributed by atoms with E-state index in [1.54, 1.807) is 0 Å². The number of esters is 1. The van der Waals surface area contributed by atoms with Crippen LogP contribution >= 0.6 is 0 Å². The molecule has 2 aromatic rings. The second kappa shape index (κ2) is 10.5. The van der Waals surface area contributed by atoms with Gasteiger partial charge in [0.25, 0.3) is 0 Å². The first kappa shape index (κ1) is 24.3. The van der Waals surface area contributed by atoms with E-state index in [1.165, 1.54) is 31.7 Å². The van der Waals surface area contributed by atoms with E-state index in [0.717, 1.165) is 17.6 Å². The SMILES string of the molecule is COc1cc(O)c(C(=O)[C@@H]2[C@H](CC=C(C)C)C(C)=CC[C@H]2c2ccccc2)c(OC(C)=O)c1.